The van der Waals surface area contributed by atoms with E-state index in [0.717, 1.165) is 23.6 Å². The number of aryl methyl sites for hydroxylation is 1. The van der Waals surface area contributed by atoms with Gasteiger partial charge in [0.25, 0.3) is 0 Å². The van der Waals surface area contributed by atoms with Crippen molar-refractivity contribution >= 4 is 11.6 Å². The van der Waals surface area contributed by atoms with E-state index in [1.54, 1.807) is 4.90 Å². The van der Waals surface area contributed by atoms with Crippen molar-refractivity contribution in [1.82, 2.24) is 4.90 Å². The molecule has 0 saturated heterocycles. The average Bonchev–Trinajstić information content (AvgIpc) is 3.03. The van der Waals surface area contributed by atoms with Crippen LogP contribution < -0.4 is 5.32 Å². The van der Waals surface area contributed by atoms with E-state index in [1.807, 2.05) is 44.3 Å². The number of furan rings is 1. The summed E-state index contributed by atoms with van der Waals surface area (Å²) in [5.41, 5.74) is 2.26. The van der Waals surface area contributed by atoms with Crippen molar-refractivity contribution in [3.63, 3.8) is 0 Å². The van der Waals surface area contributed by atoms with Gasteiger partial charge < -0.3 is 14.6 Å². The minimum Gasteiger partial charge on any atom is -0.464 e. The summed E-state index contributed by atoms with van der Waals surface area (Å²) in [6.07, 6.45) is 0.747. The Hall–Kier alpha value is -2.23. The molecule has 0 saturated carbocycles. The number of carbonyl (C=O) groups is 1. The van der Waals surface area contributed by atoms with E-state index in [4.69, 9.17) is 4.42 Å². The minimum absolute atomic E-state index is 0.0928. The van der Waals surface area contributed by atoms with Crippen LogP contribution in [0.1, 0.15) is 17.1 Å². The van der Waals surface area contributed by atoms with E-state index in [0.29, 0.717) is 6.54 Å². The number of benzene rings is 1. The third kappa shape index (κ3) is 2.41. The molecule has 1 aromatic carbocycles. The molecule has 0 spiro atoms. The molecule has 1 aliphatic heterocycles. The Bertz CT molecular complexity index is 608. The van der Waals surface area contributed by atoms with Gasteiger partial charge in [0, 0.05) is 19.2 Å². The SMILES string of the molecule is Cc1ccc(CN(C)C(=O)[C@@H]2Cc3ccccc3N2)o1. The number of hydrogen-bond acceptors (Lipinski definition) is 3. The van der Waals surface area contributed by atoms with Gasteiger partial charge in [0.15, 0.2) is 0 Å². The Morgan fingerprint density at radius 2 is 2.15 bits per heavy atom. The predicted octanol–water partition coefficient (Wildman–Crippen LogP) is 2.58. The molecule has 3 rings (SSSR count). The zero-order chi connectivity index (χ0) is 14.1. The molecule has 0 fully saturated rings. The number of rotatable bonds is 3. The fraction of sp³-hybridized carbons (Fsp3) is 0.312. The van der Waals surface area contributed by atoms with Crippen LogP contribution >= 0.6 is 0 Å². The van der Waals surface area contributed by atoms with Gasteiger partial charge in [-0.05, 0) is 30.7 Å². The summed E-state index contributed by atoms with van der Waals surface area (Å²) >= 11 is 0. The van der Waals surface area contributed by atoms with Crippen molar-refractivity contribution in [2.24, 2.45) is 0 Å². The van der Waals surface area contributed by atoms with Gasteiger partial charge in [-0.3, -0.25) is 4.79 Å². The highest BCUT2D eigenvalue weighted by Gasteiger charge is 2.28. The summed E-state index contributed by atoms with van der Waals surface area (Å²) in [7, 11) is 1.81. The summed E-state index contributed by atoms with van der Waals surface area (Å²) in [4.78, 5) is 14.2. The van der Waals surface area contributed by atoms with Crippen LogP contribution in [-0.4, -0.2) is 23.9 Å². The third-order valence-corrected chi connectivity index (χ3v) is 3.63. The first-order chi connectivity index (χ1) is 9.63. The molecule has 20 heavy (non-hydrogen) atoms. The molecule has 1 N–H and O–H groups in total. The van der Waals surface area contributed by atoms with E-state index in [-0.39, 0.29) is 11.9 Å². The van der Waals surface area contributed by atoms with E-state index in [2.05, 4.69) is 11.4 Å². The highest BCUT2D eigenvalue weighted by Crippen LogP contribution is 2.26. The number of fused-ring (bicyclic) bond motifs is 1. The topological polar surface area (TPSA) is 45.5 Å². The minimum atomic E-state index is -0.173. The van der Waals surface area contributed by atoms with E-state index in [1.165, 1.54) is 5.56 Å². The predicted molar refractivity (Wildman–Crippen MR) is 77.5 cm³/mol. The van der Waals surface area contributed by atoms with Crippen LogP contribution in [0, 0.1) is 6.92 Å². The molecule has 0 bridgehead atoms. The lowest BCUT2D eigenvalue weighted by Crippen LogP contribution is -2.39. The Labute approximate surface area is 118 Å². The van der Waals surface area contributed by atoms with Crippen LogP contribution in [0.2, 0.25) is 0 Å². The molecule has 2 aromatic rings. The highest BCUT2D eigenvalue weighted by atomic mass is 16.3. The van der Waals surface area contributed by atoms with Gasteiger partial charge in [-0.15, -0.1) is 0 Å². The second kappa shape index (κ2) is 5.04. The third-order valence-electron chi connectivity index (χ3n) is 3.63. The second-order valence-electron chi connectivity index (χ2n) is 5.26. The zero-order valence-corrected chi connectivity index (χ0v) is 11.7. The molecule has 104 valence electrons. The van der Waals surface area contributed by atoms with Crippen molar-refractivity contribution in [2.45, 2.75) is 25.9 Å². The Kier molecular flexibility index (Phi) is 3.22. The second-order valence-corrected chi connectivity index (χ2v) is 5.26. The standard InChI is InChI=1S/C16H18N2O2/c1-11-7-8-13(20-11)10-18(2)16(19)15-9-12-5-3-4-6-14(12)17-15/h3-8,15,17H,9-10H2,1-2H3/t15-/m0/s1. The summed E-state index contributed by atoms with van der Waals surface area (Å²) in [5, 5.41) is 3.28. The van der Waals surface area contributed by atoms with Crippen LogP contribution in [-0.2, 0) is 17.8 Å². The number of anilines is 1. The van der Waals surface area contributed by atoms with Crippen LogP contribution in [0.15, 0.2) is 40.8 Å². The van der Waals surface area contributed by atoms with Crippen molar-refractivity contribution < 1.29 is 9.21 Å². The van der Waals surface area contributed by atoms with Crippen LogP contribution in [0.5, 0.6) is 0 Å². The molecule has 4 heteroatoms. The molecule has 1 aliphatic rings. The lowest BCUT2D eigenvalue weighted by molar-refractivity contribution is -0.131. The fourth-order valence-electron chi connectivity index (χ4n) is 2.59. The number of carbonyl (C=O) groups excluding carboxylic acids is 1. The fourth-order valence-corrected chi connectivity index (χ4v) is 2.59. The maximum absolute atomic E-state index is 12.4. The molecule has 4 nitrogen and oxygen atoms in total. The van der Waals surface area contributed by atoms with Crippen LogP contribution in [0.3, 0.4) is 0 Å². The first-order valence-electron chi connectivity index (χ1n) is 6.78. The number of nitrogens with zero attached hydrogens (tertiary/aromatic N) is 1. The summed E-state index contributed by atoms with van der Waals surface area (Å²) in [5.74, 6) is 1.77. The van der Waals surface area contributed by atoms with Gasteiger partial charge in [0.05, 0.1) is 6.54 Å². The van der Waals surface area contributed by atoms with Crippen LogP contribution in [0.4, 0.5) is 5.69 Å². The molecule has 0 radical (unpaired) electrons. The average molecular weight is 270 g/mol. The van der Waals surface area contributed by atoms with Gasteiger partial charge >= 0.3 is 0 Å². The first kappa shape index (κ1) is 12.8. The number of likely N-dealkylation sites (N-methyl/N-ethyl adjacent to an activating group) is 1. The highest BCUT2D eigenvalue weighted by molar-refractivity contribution is 5.87. The maximum atomic E-state index is 12.4. The van der Waals surface area contributed by atoms with Crippen molar-refractivity contribution in [1.29, 1.82) is 0 Å². The van der Waals surface area contributed by atoms with Gasteiger partial charge in [0.2, 0.25) is 5.91 Å². The molecule has 2 heterocycles. The van der Waals surface area contributed by atoms with Crippen molar-refractivity contribution in [3.05, 3.63) is 53.5 Å². The lowest BCUT2D eigenvalue weighted by atomic mass is 10.1. The van der Waals surface area contributed by atoms with E-state index in [9.17, 15) is 4.79 Å². The van der Waals surface area contributed by atoms with Gasteiger partial charge in [-0.2, -0.15) is 0 Å². The Balaban J connectivity index is 1.65. The van der Waals surface area contributed by atoms with Crippen molar-refractivity contribution in [3.8, 4) is 0 Å². The summed E-state index contributed by atoms with van der Waals surface area (Å²) in [6.45, 7) is 2.40. The van der Waals surface area contributed by atoms with E-state index >= 15 is 0 Å². The molecular formula is C16H18N2O2. The first-order valence-corrected chi connectivity index (χ1v) is 6.78. The van der Waals surface area contributed by atoms with Gasteiger partial charge in [-0.1, -0.05) is 18.2 Å². The Morgan fingerprint density at radius 1 is 1.35 bits per heavy atom. The summed E-state index contributed by atoms with van der Waals surface area (Å²) < 4.78 is 5.51. The number of para-hydroxylation sites is 1. The lowest BCUT2D eigenvalue weighted by Gasteiger charge is -2.20. The Morgan fingerprint density at radius 3 is 2.85 bits per heavy atom. The van der Waals surface area contributed by atoms with Gasteiger partial charge in [-0.25, -0.2) is 0 Å². The number of nitrogens with one attached hydrogen (secondary N) is 1. The zero-order valence-electron chi connectivity index (χ0n) is 11.7. The molecule has 0 aliphatic carbocycles. The largest absolute Gasteiger partial charge is 0.464 e. The number of amides is 1. The monoisotopic (exact) mass is 270 g/mol. The van der Waals surface area contributed by atoms with Crippen molar-refractivity contribution in [2.75, 3.05) is 12.4 Å². The molecule has 1 atom stereocenters. The normalized spacial score (nSPS) is 16.6. The maximum Gasteiger partial charge on any atom is 0.245 e. The molecular weight excluding hydrogens is 252 g/mol. The molecule has 1 amide bonds. The quantitative estimate of drug-likeness (QED) is 0.932. The smallest absolute Gasteiger partial charge is 0.245 e. The summed E-state index contributed by atoms with van der Waals surface area (Å²) in [6, 6.07) is 11.7. The molecule has 1 aromatic heterocycles. The van der Waals surface area contributed by atoms with Gasteiger partial charge in [0.1, 0.15) is 17.6 Å². The number of hydrogen-bond donors (Lipinski definition) is 1. The van der Waals surface area contributed by atoms with E-state index < -0.39 is 0 Å². The van der Waals surface area contributed by atoms with Crippen LogP contribution in [0.25, 0.3) is 0 Å². The molecule has 0 unspecified atom stereocenters.